The molecule has 2 aromatic carbocycles. The lowest BCUT2D eigenvalue weighted by Gasteiger charge is -2.12. The van der Waals surface area contributed by atoms with Crippen LogP contribution in [0.4, 0.5) is 33.1 Å². The van der Waals surface area contributed by atoms with Crippen molar-refractivity contribution in [2.75, 3.05) is 10.6 Å². The summed E-state index contributed by atoms with van der Waals surface area (Å²) in [6.45, 7) is 1.89. The van der Waals surface area contributed by atoms with E-state index in [-0.39, 0.29) is 17.3 Å². The van der Waals surface area contributed by atoms with Gasteiger partial charge in [-0.1, -0.05) is 6.07 Å². The maximum atomic E-state index is 13.1. The molecule has 0 aliphatic heterocycles. The van der Waals surface area contributed by atoms with E-state index in [4.69, 9.17) is 0 Å². The highest BCUT2D eigenvalue weighted by Crippen LogP contribution is 2.34. The average Bonchev–Trinajstić information content (AvgIpc) is 2.69. The van der Waals surface area contributed by atoms with Gasteiger partial charge in [0.2, 0.25) is 11.6 Å². The van der Waals surface area contributed by atoms with E-state index in [1.54, 1.807) is 6.07 Å². The molecule has 29 heavy (non-hydrogen) atoms. The fourth-order valence-electron chi connectivity index (χ4n) is 2.90. The number of hydrogen-bond acceptors (Lipinski definition) is 7. The molecule has 0 saturated heterocycles. The maximum Gasteiger partial charge on any atom is 0.353 e. The number of aromatic nitrogens is 3. The fraction of sp³-hybridized carbons (Fsp3) is 0.0500. The molecule has 0 unspecified atom stereocenters. The van der Waals surface area contributed by atoms with E-state index in [2.05, 4.69) is 25.6 Å². The Morgan fingerprint density at radius 3 is 2.41 bits per heavy atom. The van der Waals surface area contributed by atoms with Crippen LogP contribution in [0.25, 0.3) is 10.9 Å². The summed E-state index contributed by atoms with van der Waals surface area (Å²) < 4.78 is 13.1. The van der Waals surface area contributed by atoms with Gasteiger partial charge in [0.1, 0.15) is 12.1 Å². The van der Waals surface area contributed by atoms with Gasteiger partial charge in [0.25, 0.3) is 0 Å². The number of nitrogens with zero attached hydrogens (tertiary/aromatic N) is 4. The van der Waals surface area contributed by atoms with E-state index >= 15 is 0 Å². The summed E-state index contributed by atoms with van der Waals surface area (Å²) in [5.74, 6) is -0.383. The van der Waals surface area contributed by atoms with Crippen molar-refractivity contribution in [3.05, 3.63) is 82.6 Å². The fourth-order valence-corrected chi connectivity index (χ4v) is 2.90. The number of halogens is 1. The Morgan fingerprint density at radius 2 is 1.69 bits per heavy atom. The normalized spacial score (nSPS) is 10.7. The quantitative estimate of drug-likeness (QED) is 0.370. The van der Waals surface area contributed by atoms with Gasteiger partial charge in [-0.2, -0.15) is 0 Å². The predicted molar refractivity (Wildman–Crippen MR) is 108 cm³/mol. The lowest BCUT2D eigenvalue weighted by molar-refractivity contribution is -0.383. The van der Waals surface area contributed by atoms with Crippen molar-refractivity contribution in [3.63, 3.8) is 0 Å². The van der Waals surface area contributed by atoms with Gasteiger partial charge >= 0.3 is 5.69 Å². The third-order valence-corrected chi connectivity index (χ3v) is 4.24. The minimum absolute atomic E-state index is 0.00619. The summed E-state index contributed by atoms with van der Waals surface area (Å²) in [5, 5.41) is 18.4. The Bertz CT molecular complexity index is 1210. The summed E-state index contributed by atoms with van der Waals surface area (Å²) >= 11 is 0. The molecular weight excluding hydrogens is 375 g/mol. The monoisotopic (exact) mass is 390 g/mol. The van der Waals surface area contributed by atoms with Crippen LogP contribution in [0.1, 0.15) is 5.69 Å². The molecule has 2 heterocycles. The number of hydrogen-bond donors (Lipinski definition) is 2. The highest BCUT2D eigenvalue weighted by atomic mass is 19.1. The summed E-state index contributed by atoms with van der Waals surface area (Å²) in [4.78, 5) is 23.7. The molecule has 0 aliphatic rings. The standard InChI is InChI=1S/C20H15FN6O2/c1-12-5-10-15-16(24-12)3-2-4-17(15)26-20-18(27(28)29)19(22-11-23-20)25-14-8-6-13(21)7-9-14/h2-11H,1H3,(H2,22,23,25,26). The molecule has 0 spiro atoms. The van der Waals surface area contributed by atoms with E-state index in [1.165, 1.54) is 30.6 Å². The minimum Gasteiger partial charge on any atom is -0.334 e. The molecular formula is C20H15FN6O2. The second kappa shape index (κ2) is 7.47. The first kappa shape index (κ1) is 18.2. The Labute approximate surface area is 164 Å². The Morgan fingerprint density at radius 1 is 0.966 bits per heavy atom. The summed E-state index contributed by atoms with van der Waals surface area (Å²) in [7, 11) is 0. The second-order valence-corrected chi connectivity index (χ2v) is 6.26. The zero-order chi connectivity index (χ0) is 20.4. The van der Waals surface area contributed by atoms with Gasteiger partial charge in [-0.3, -0.25) is 15.1 Å². The summed E-state index contributed by atoms with van der Waals surface area (Å²) in [5.41, 5.74) is 2.40. The largest absolute Gasteiger partial charge is 0.353 e. The first-order chi connectivity index (χ1) is 14.0. The summed E-state index contributed by atoms with van der Waals surface area (Å²) in [6, 6.07) is 14.6. The molecule has 0 aliphatic carbocycles. The second-order valence-electron chi connectivity index (χ2n) is 6.26. The third kappa shape index (κ3) is 3.79. The van der Waals surface area contributed by atoms with E-state index in [0.717, 1.165) is 16.6 Å². The van der Waals surface area contributed by atoms with Crippen LogP contribution < -0.4 is 10.6 Å². The molecule has 8 nitrogen and oxygen atoms in total. The van der Waals surface area contributed by atoms with Crippen LogP contribution in [0, 0.1) is 22.9 Å². The van der Waals surface area contributed by atoms with Gasteiger partial charge in [0, 0.05) is 22.5 Å². The Hall–Kier alpha value is -4.14. The number of aryl methyl sites for hydroxylation is 1. The van der Waals surface area contributed by atoms with E-state index in [1.807, 2.05) is 31.2 Å². The zero-order valence-corrected chi connectivity index (χ0v) is 15.3. The SMILES string of the molecule is Cc1ccc2c(Nc3ncnc(Nc4ccc(F)cc4)c3[N+](=O)[O-])cccc2n1. The zero-order valence-electron chi connectivity index (χ0n) is 15.3. The molecule has 0 bridgehead atoms. The van der Waals surface area contributed by atoms with Gasteiger partial charge < -0.3 is 10.6 Å². The van der Waals surface area contributed by atoms with Crippen LogP contribution in [0.3, 0.4) is 0 Å². The number of rotatable bonds is 5. The molecule has 144 valence electrons. The summed E-state index contributed by atoms with van der Waals surface area (Å²) in [6.07, 6.45) is 1.22. The van der Waals surface area contributed by atoms with E-state index in [9.17, 15) is 14.5 Å². The van der Waals surface area contributed by atoms with Crippen molar-refractivity contribution < 1.29 is 9.31 Å². The van der Waals surface area contributed by atoms with Crippen LogP contribution in [0.2, 0.25) is 0 Å². The van der Waals surface area contributed by atoms with Crippen LogP contribution in [0.5, 0.6) is 0 Å². The molecule has 2 aromatic heterocycles. The highest BCUT2D eigenvalue weighted by Gasteiger charge is 2.24. The maximum absolute atomic E-state index is 13.1. The predicted octanol–water partition coefficient (Wildman–Crippen LogP) is 4.87. The number of nitrogens with one attached hydrogen (secondary N) is 2. The van der Waals surface area contributed by atoms with Crippen LogP contribution in [0.15, 0.2) is 60.9 Å². The Kier molecular flexibility index (Phi) is 4.70. The Balaban J connectivity index is 1.75. The van der Waals surface area contributed by atoms with Crippen molar-refractivity contribution in [1.82, 2.24) is 15.0 Å². The van der Waals surface area contributed by atoms with Gasteiger partial charge in [0.05, 0.1) is 10.4 Å². The van der Waals surface area contributed by atoms with Gasteiger partial charge in [-0.15, -0.1) is 0 Å². The molecule has 4 aromatic rings. The highest BCUT2D eigenvalue weighted by molar-refractivity contribution is 5.94. The van der Waals surface area contributed by atoms with Crippen LogP contribution in [-0.2, 0) is 0 Å². The number of fused-ring (bicyclic) bond motifs is 1. The van der Waals surface area contributed by atoms with Crippen LogP contribution >= 0.6 is 0 Å². The van der Waals surface area contributed by atoms with Crippen LogP contribution in [-0.4, -0.2) is 19.9 Å². The first-order valence-electron chi connectivity index (χ1n) is 8.66. The molecule has 0 fully saturated rings. The van der Waals surface area contributed by atoms with Crippen molar-refractivity contribution in [2.24, 2.45) is 0 Å². The number of benzene rings is 2. The lowest BCUT2D eigenvalue weighted by atomic mass is 10.1. The molecule has 9 heteroatoms. The van der Waals surface area contributed by atoms with Crippen molar-refractivity contribution in [2.45, 2.75) is 6.92 Å². The molecule has 2 N–H and O–H groups in total. The van der Waals surface area contributed by atoms with Gasteiger partial charge in [0.15, 0.2) is 0 Å². The van der Waals surface area contributed by atoms with Gasteiger partial charge in [-0.25, -0.2) is 14.4 Å². The molecule has 0 amide bonds. The molecule has 4 rings (SSSR count). The molecule has 0 atom stereocenters. The topological polar surface area (TPSA) is 106 Å². The average molecular weight is 390 g/mol. The van der Waals surface area contributed by atoms with E-state index in [0.29, 0.717) is 11.4 Å². The molecule has 0 radical (unpaired) electrons. The smallest absolute Gasteiger partial charge is 0.334 e. The number of nitro groups is 1. The third-order valence-electron chi connectivity index (χ3n) is 4.24. The molecule has 0 saturated carbocycles. The van der Waals surface area contributed by atoms with Crippen molar-refractivity contribution in [1.29, 1.82) is 0 Å². The van der Waals surface area contributed by atoms with E-state index < -0.39 is 10.7 Å². The lowest BCUT2D eigenvalue weighted by Crippen LogP contribution is -2.05. The van der Waals surface area contributed by atoms with Crippen molar-refractivity contribution >= 4 is 39.6 Å². The first-order valence-corrected chi connectivity index (χ1v) is 8.66. The van der Waals surface area contributed by atoms with Gasteiger partial charge in [-0.05, 0) is 55.5 Å². The minimum atomic E-state index is -0.568. The van der Waals surface area contributed by atoms with Crippen molar-refractivity contribution in [3.8, 4) is 0 Å². The number of pyridine rings is 1. The number of anilines is 4.